The van der Waals surface area contributed by atoms with Crippen molar-refractivity contribution in [3.63, 3.8) is 0 Å². The molecule has 2 rings (SSSR count). The number of aliphatic imine (C=N–C) groups is 1. The smallest absolute Gasteiger partial charge is 0.165 e. The molecule has 16 heavy (non-hydrogen) atoms. The van der Waals surface area contributed by atoms with Crippen molar-refractivity contribution in [3.8, 4) is 0 Å². The van der Waals surface area contributed by atoms with Crippen molar-refractivity contribution in [1.29, 1.82) is 0 Å². The van der Waals surface area contributed by atoms with Gasteiger partial charge in [0.1, 0.15) is 8.53 Å². The van der Waals surface area contributed by atoms with E-state index in [9.17, 15) is 8.42 Å². The fourth-order valence-corrected chi connectivity index (χ4v) is 9.69. The van der Waals surface area contributed by atoms with Gasteiger partial charge < -0.3 is 0 Å². The number of fused-ring (bicyclic) bond motifs is 1. The fraction of sp³-hybridized carbons (Fsp3) is 0.889. The minimum Gasteiger partial charge on any atom is -0.269 e. The number of sulfone groups is 1. The maximum absolute atomic E-state index is 11.8. The minimum atomic E-state index is -2.97. The minimum absolute atomic E-state index is 0.129. The molecular formula is C9H14BrNO2S3. The van der Waals surface area contributed by atoms with Crippen LogP contribution in [0.5, 0.6) is 0 Å². The van der Waals surface area contributed by atoms with Gasteiger partial charge in [-0.3, -0.25) is 4.99 Å². The Bertz CT molecular complexity index is 434. The molecule has 2 saturated heterocycles. The lowest BCUT2D eigenvalue weighted by atomic mass is 10.1. The van der Waals surface area contributed by atoms with Crippen molar-refractivity contribution >= 4 is 53.7 Å². The van der Waals surface area contributed by atoms with Crippen molar-refractivity contribution < 1.29 is 8.42 Å². The van der Waals surface area contributed by atoms with E-state index in [0.717, 1.165) is 4.38 Å². The Morgan fingerprint density at radius 1 is 1.56 bits per heavy atom. The largest absolute Gasteiger partial charge is 0.269 e. The third kappa shape index (κ3) is 2.08. The average Bonchev–Trinajstić information content (AvgIpc) is 2.47. The number of alkyl halides is 1. The lowest BCUT2D eigenvalue weighted by Crippen LogP contribution is -2.33. The highest BCUT2D eigenvalue weighted by Crippen LogP contribution is 2.57. The molecule has 0 aromatic heterocycles. The third-order valence-corrected chi connectivity index (χ3v) is 11.1. The molecular weight excluding hydrogens is 330 g/mol. The topological polar surface area (TPSA) is 46.5 Å². The van der Waals surface area contributed by atoms with Crippen molar-refractivity contribution in [2.45, 2.75) is 41.0 Å². The molecule has 7 heteroatoms. The third-order valence-electron chi connectivity index (χ3n) is 2.70. The summed E-state index contributed by atoms with van der Waals surface area (Å²) in [6.45, 7) is 6.09. The van der Waals surface area contributed by atoms with Crippen LogP contribution >= 0.6 is 39.5 Å². The lowest BCUT2D eigenvalue weighted by Gasteiger charge is -2.22. The Morgan fingerprint density at radius 2 is 2.19 bits per heavy atom. The van der Waals surface area contributed by atoms with Gasteiger partial charge in [0.25, 0.3) is 0 Å². The fourth-order valence-electron chi connectivity index (χ4n) is 1.83. The molecule has 0 saturated carbocycles. The first-order chi connectivity index (χ1) is 7.25. The second kappa shape index (κ2) is 4.17. The van der Waals surface area contributed by atoms with Crippen molar-refractivity contribution in [2.24, 2.45) is 4.99 Å². The molecule has 0 amide bonds. The highest BCUT2D eigenvalue weighted by molar-refractivity contribution is 9.11. The zero-order chi connectivity index (χ0) is 12.1. The highest BCUT2D eigenvalue weighted by Gasteiger charge is 2.60. The van der Waals surface area contributed by atoms with Gasteiger partial charge in [-0.05, 0) is 20.8 Å². The lowest BCUT2D eigenvalue weighted by molar-refractivity contribution is 0.599. The second-order valence-corrected chi connectivity index (χ2v) is 11.1. The molecule has 0 aromatic rings. The summed E-state index contributed by atoms with van der Waals surface area (Å²) in [5.74, 6) is 0.258. The molecule has 92 valence electrons. The van der Waals surface area contributed by atoms with Crippen LogP contribution in [0.25, 0.3) is 0 Å². The van der Waals surface area contributed by atoms with Crippen molar-refractivity contribution in [2.75, 3.05) is 5.75 Å². The summed E-state index contributed by atoms with van der Waals surface area (Å²) in [6.07, 6.45) is 0. The van der Waals surface area contributed by atoms with E-state index in [2.05, 4.69) is 20.9 Å². The first-order valence-electron chi connectivity index (χ1n) is 5.05. The Hall–Kier alpha value is 0.800. The van der Waals surface area contributed by atoms with Crippen LogP contribution in [0.4, 0.5) is 0 Å². The zero-order valence-corrected chi connectivity index (χ0v) is 13.3. The van der Waals surface area contributed by atoms with Gasteiger partial charge in [0.15, 0.2) is 9.84 Å². The molecule has 2 heterocycles. The van der Waals surface area contributed by atoms with Crippen LogP contribution < -0.4 is 0 Å². The van der Waals surface area contributed by atoms with Gasteiger partial charge in [-0.25, -0.2) is 8.42 Å². The maximum atomic E-state index is 11.8. The summed E-state index contributed by atoms with van der Waals surface area (Å²) in [5.41, 5.74) is 0. The summed E-state index contributed by atoms with van der Waals surface area (Å²) in [7, 11) is -2.97. The van der Waals surface area contributed by atoms with Gasteiger partial charge in [-0.2, -0.15) is 0 Å². The molecule has 0 spiro atoms. The molecule has 2 fully saturated rings. The van der Waals surface area contributed by atoms with Crippen molar-refractivity contribution in [3.05, 3.63) is 0 Å². The van der Waals surface area contributed by atoms with E-state index in [1.54, 1.807) is 23.5 Å². The molecule has 0 bridgehead atoms. The van der Waals surface area contributed by atoms with Gasteiger partial charge in [-0.15, -0.1) is 0 Å². The maximum Gasteiger partial charge on any atom is 0.165 e. The van der Waals surface area contributed by atoms with Gasteiger partial charge in [0, 0.05) is 11.3 Å². The van der Waals surface area contributed by atoms with E-state index < -0.39 is 14.0 Å². The molecule has 0 radical (unpaired) electrons. The SMILES string of the molecule is CC(C)N=C1S[C@@H]2CS(=O)(=O)[C@H](Br)[C@]2(C)S1. The molecule has 0 aromatic carbocycles. The van der Waals surface area contributed by atoms with Crippen LogP contribution in [-0.4, -0.2) is 38.7 Å². The number of halogens is 1. The predicted octanol–water partition coefficient (Wildman–Crippen LogP) is 2.51. The van der Waals surface area contributed by atoms with E-state index in [0.29, 0.717) is 0 Å². The Morgan fingerprint density at radius 3 is 2.69 bits per heavy atom. The molecule has 0 aliphatic carbocycles. The predicted molar refractivity (Wildman–Crippen MR) is 76.4 cm³/mol. The van der Waals surface area contributed by atoms with E-state index in [4.69, 9.17) is 0 Å². The normalized spacial score (nSPS) is 44.2. The summed E-state index contributed by atoms with van der Waals surface area (Å²) < 4.78 is 23.9. The van der Waals surface area contributed by atoms with Gasteiger partial charge >= 0.3 is 0 Å². The summed E-state index contributed by atoms with van der Waals surface area (Å²) in [5, 5.41) is 0.129. The van der Waals surface area contributed by atoms with Gasteiger partial charge in [-0.1, -0.05) is 39.5 Å². The van der Waals surface area contributed by atoms with Gasteiger partial charge in [0.2, 0.25) is 0 Å². The summed E-state index contributed by atoms with van der Waals surface area (Å²) in [4.78, 5) is 4.51. The van der Waals surface area contributed by atoms with Crippen LogP contribution in [-0.2, 0) is 9.84 Å². The molecule has 0 N–H and O–H groups in total. The Labute approximate surface area is 113 Å². The first kappa shape index (κ1) is 13.2. The van der Waals surface area contributed by atoms with E-state index in [-0.39, 0.29) is 21.8 Å². The van der Waals surface area contributed by atoms with Crippen LogP contribution in [0.2, 0.25) is 0 Å². The summed E-state index contributed by atoms with van der Waals surface area (Å²) in [6, 6.07) is 0.266. The number of nitrogens with zero attached hydrogens (tertiary/aromatic N) is 1. The van der Waals surface area contributed by atoms with Crippen molar-refractivity contribution in [1.82, 2.24) is 0 Å². The number of hydrogen-bond donors (Lipinski definition) is 0. The second-order valence-electron chi connectivity index (χ2n) is 4.53. The first-order valence-corrected chi connectivity index (χ1v) is 9.37. The van der Waals surface area contributed by atoms with Crippen LogP contribution in [0.1, 0.15) is 20.8 Å². The monoisotopic (exact) mass is 343 g/mol. The Balaban J connectivity index is 2.28. The standard InChI is InChI=1S/C9H14BrNO2S3/c1-5(2)11-8-14-6-4-16(12,13)7(10)9(6,3)15-8/h5-7H,4H2,1-3H3/t6-,7+,9-/m1/s1. The Kier molecular flexibility index (Phi) is 3.45. The number of rotatable bonds is 1. The highest BCUT2D eigenvalue weighted by atomic mass is 79.9. The van der Waals surface area contributed by atoms with E-state index >= 15 is 0 Å². The summed E-state index contributed by atoms with van der Waals surface area (Å²) >= 11 is 6.57. The number of thioether (sulfide) groups is 2. The molecule has 3 nitrogen and oxygen atoms in total. The van der Waals surface area contributed by atoms with E-state index in [1.807, 2.05) is 20.8 Å². The zero-order valence-electron chi connectivity index (χ0n) is 9.31. The average molecular weight is 344 g/mol. The number of hydrogen-bond acceptors (Lipinski definition) is 5. The van der Waals surface area contributed by atoms with E-state index in [1.165, 1.54) is 0 Å². The van der Waals surface area contributed by atoms with Crippen LogP contribution in [0.15, 0.2) is 4.99 Å². The molecule has 2 aliphatic heterocycles. The van der Waals surface area contributed by atoms with Gasteiger partial charge in [0.05, 0.1) is 10.5 Å². The van der Waals surface area contributed by atoms with Crippen LogP contribution in [0.3, 0.4) is 0 Å². The molecule has 3 atom stereocenters. The quantitative estimate of drug-likeness (QED) is 0.686. The molecule has 0 unspecified atom stereocenters. The molecule has 2 aliphatic rings. The van der Waals surface area contributed by atoms with Crippen LogP contribution in [0, 0.1) is 0 Å².